The topological polar surface area (TPSA) is 33.4 Å². The number of fused-ring (bicyclic) bond motifs is 1. The smallest absolute Gasteiger partial charge is 0.171 e. The number of benzene rings is 1. The molecule has 0 amide bonds. The standard InChI is InChI=1S/C18H19BrN4/c1-12-5-6-14(10-13(12)2)16-4-3-8-22(16)17-7-9-23-18(21-17)15(19)11-20-23/h5-7,9-11,16H,3-4,8H2,1-2H3. The number of aromatic nitrogens is 3. The molecule has 1 fully saturated rings. The van der Waals surface area contributed by atoms with Crippen molar-refractivity contribution in [2.24, 2.45) is 0 Å². The van der Waals surface area contributed by atoms with Crippen molar-refractivity contribution in [1.29, 1.82) is 0 Å². The van der Waals surface area contributed by atoms with Crippen molar-refractivity contribution in [3.05, 3.63) is 57.8 Å². The molecule has 1 aliphatic rings. The number of hydrogen-bond acceptors (Lipinski definition) is 3. The normalized spacial score (nSPS) is 18.0. The van der Waals surface area contributed by atoms with Crippen molar-refractivity contribution < 1.29 is 0 Å². The van der Waals surface area contributed by atoms with Crippen LogP contribution < -0.4 is 4.90 Å². The lowest BCUT2D eigenvalue weighted by Crippen LogP contribution is -2.23. The lowest BCUT2D eigenvalue weighted by atomic mass is 9.99. The Balaban J connectivity index is 1.73. The fourth-order valence-corrected chi connectivity index (χ4v) is 3.71. The number of anilines is 1. The van der Waals surface area contributed by atoms with Crippen molar-refractivity contribution in [3.8, 4) is 0 Å². The van der Waals surface area contributed by atoms with E-state index in [1.54, 1.807) is 10.7 Å². The van der Waals surface area contributed by atoms with Crippen LogP contribution in [-0.2, 0) is 0 Å². The Morgan fingerprint density at radius 3 is 2.87 bits per heavy atom. The van der Waals surface area contributed by atoms with E-state index in [0.29, 0.717) is 6.04 Å². The number of nitrogens with zero attached hydrogens (tertiary/aromatic N) is 4. The van der Waals surface area contributed by atoms with Gasteiger partial charge in [0.15, 0.2) is 5.65 Å². The van der Waals surface area contributed by atoms with Gasteiger partial charge in [-0.05, 0) is 65.4 Å². The summed E-state index contributed by atoms with van der Waals surface area (Å²) < 4.78 is 2.73. The van der Waals surface area contributed by atoms with Crippen LogP contribution in [0.25, 0.3) is 5.65 Å². The van der Waals surface area contributed by atoms with E-state index >= 15 is 0 Å². The first-order valence-corrected chi connectivity index (χ1v) is 8.76. The van der Waals surface area contributed by atoms with E-state index in [-0.39, 0.29) is 0 Å². The van der Waals surface area contributed by atoms with Gasteiger partial charge in [-0.1, -0.05) is 18.2 Å². The van der Waals surface area contributed by atoms with Gasteiger partial charge in [0.25, 0.3) is 0 Å². The molecule has 118 valence electrons. The zero-order chi connectivity index (χ0) is 16.0. The van der Waals surface area contributed by atoms with Crippen LogP contribution in [-0.4, -0.2) is 21.1 Å². The SMILES string of the molecule is Cc1ccc(C2CCCN2c2ccn3ncc(Br)c3n2)cc1C. The lowest BCUT2D eigenvalue weighted by Gasteiger charge is -2.26. The summed E-state index contributed by atoms with van der Waals surface area (Å²) in [5.74, 6) is 1.03. The number of hydrogen-bond donors (Lipinski definition) is 0. The molecule has 4 rings (SSSR count). The molecular weight excluding hydrogens is 352 g/mol. The Hall–Kier alpha value is -1.88. The molecule has 3 aromatic rings. The second-order valence-electron chi connectivity index (χ2n) is 6.24. The average Bonchev–Trinajstić information content (AvgIpc) is 3.17. The fourth-order valence-electron chi connectivity index (χ4n) is 3.35. The summed E-state index contributed by atoms with van der Waals surface area (Å²) in [7, 11) is 0. The zero-order valence-corrected chi connectivity index (χ0v) is 14.9. The van der Waals surface area contributed by atoms with Gasteiger partial charge < -0.3 is 4.90 Å². The third-order valence-electron chi connectivity index (χ3n) is 4.77. The molecule has 0 aliphatic carbocycles. The summed E-state index contributed by atoms with van der Waals surface area (Å²) in [4.78, 5) is 7.23. The largest absolute Gasteiger partial charge is 0.349 e. The summed E-state index contributed by atoms with van der Waals surface area (Å²) >= 11 is 3.52. The monoisotopic (exact) mass is 370 g/mol. The van der Waals surface area contributed by atoms with Crippen molar-refractivity contribution in [2.45, 2.75) is 32.7 Å². The van der Waals surface area contributed by atoms with Gasteiger partial charge in [0, 0.05) is 12.7 Å². The summed E-state index contributed by atoms with van der Waals surface area (Å²) in [5.41, 5.74) is 4.96. The molecule has 0 bridgehead atoms. The molecule has 0 N–H and O–H groups in total. The summed E-state index contributed by atoms with van der Waals surface area (Å²) in [6.07, 6.45) is 6.15. The van der Waals surface area contributed by atoms with Crippen LogP contribution in [0, 0.1) is 13.8 Å². The molecule has 1 saturated heterocycles. The third-order valence-corrected chi connectivity index (χ3v) is 5.33. The van der Waals surface area contributed by atoms with Crippen LogP contribution in [0.3, 0.4) is 0 Å². The minimum absolute atomic E-state index is 0.408. The summed E-state index contributed by atoms with van der Waals surface area (Å²) in [6.45, 7) is 5.40. The first-order valence-electron chi connectivity index (χ1n) is 7.97. The maximum absolute atomic E-state index is 4.81. The average molecular weight is 371 g/mol. The highest BCUT2D eigenvalue weighted by Gasteiger charge is 2.27. The Labute approximate surface area is 144 Å². The molecule has 2 aromatic heterocycles. The lowest BCUT2D eigenvalue weighted by molar-refractivity contribution is 0.709. The Kier molecular flexibility index (Phi) is 3.60. The molecule has 1 aliphatic heterocycles. The maximum atomic E-state index is 4.81. The van der Waals surface area contributed by atoms with E-state index in [2.05, 4.69) is 64.0 Å². The van der Waals surface area contributed by atoms with Gasteiger partial charge in [-0.15, -0.1) is 0 Å². The van der Waals surface area contributed by atoms with Gasteiger partial charge in [-0.3, -0.25) is 0 Å². The van der Waals surface area contributed by atoms with Crippen LogP contribution >= 0.6 is 15.9 Å². The third kappa shape index (κ3) is 2.53. The summed E-state index contributed by atoms with van der Waals surface area (Å²) in [6, 6.07) is 9.28. The fraction of sp³-hybridized carbons (Fsp3) is 0.333. The Morgan fingerprint density at radius 2 is 2.04 bits per heavy atom. The van der Waals surface area contributed by atoms with Crippen molar-refractivity contribution >= 4 is 27.4 Å². The predicted molar refractivity (Wildman–Crippen MR) is 95.9 cm³/mol. The number of halogens is 1. The van der Waals surface area contributed by atoms with Gasteiger partial charge in [0.1, 0.15) is 5.82 Å². The predicted octanol–water partition coefficient (Wildman–Crippen LogP) is 4.45. The Morgan fingerprint density at radius 1 is 1.17 bits per heavy atom. The van der Waals surface area contributed by atoms with Crippen LogP contribution in [0.4, 0.5) is 5.82 Å². The highest BCUT2D eigenvalue weighted by Crippen LogP contribution is 2.36. The molecule has 4 nitrogen and oxygen atoms in total. The van der Waals surface area contributed by atoms with E-state index in [4.69, 9.17) is 4.98 Å². The molecular formula is C18H19BrN4. The molecule has 0 spiro atoms. The molecule has 1 aromatic carbocycles. The first-order chi connectivity index (χ1) is 11.1. The van der Waals surface area contributed by atoms with E-state index in [0.717, 1.165) is 22.5 Å². The quantitative estimate of drug-likeness (QED) is 0.667. The molecule has 1 atom stereocenters. The highest BCUT2D eigenvalue weighted by atomic mass is 79.9. The first kappa shape index (κ1) is 14.7. The van der Waals surface area contributed by atoms with Crippen LogP contribution in [0.15, 0.2) is 41.1 Å². The Bertz CT molecular complexity index is 871. The van der Waals surface area contributed by atoms with Gasteiger partial charge >= 0.3 is 0 Å². The molecule has 5 heteroatoms. The van der Waals surface area contributed by atoms with Gasteiger partial charge in [0.05, 0.1) is 16.7 Å². The van der Waals surface area contributed by atoms with Crippen LogP contribution in [0.2, 0.25) is 0 Å². The minimum Gasteiger partial charge on any atom is -0.349 e. The van der Waals surface area contributed by atoms with Crippen molar-refractivity contribution in [1.82, 2.24) is 14.6 Å². The molecule has 0 saturated carbocycles. The van der Waals surface area contributed by atoms with E-state index in [1.807, 2.05) is 6.20 Å². The van der Waals surface area contributed by atoms with E-state index in [9.17, 15) is 0 Å². The molecule has 0 radical (unpaired) electrons. The molecule has 23 heavy (non-hydrogen) atoms. The van der Waals surface area contributed by atoms with Gasteiger partial charge in [-0.25, -0.2) is 9.50 Å². The van der Waals surface area contributed by atoms with Crippen molar-refractivity contribution in [3.63, 3.8) is 0 Å². The zero-order valence-electron chi connectivity index (χ0n) is 13.3. The van der Waals surface area contributed by atoms with Crippen molar-refractivity contribution in [2.75, 3.05) is 11.4 Å². The number of aryl methyl sites for hydroxylation is 2. The summed E-state index contributed by atoms with van der Waals surface area (Å²) in [5, 5.41) is 4.27. The molecule has 3 heterocycles. The van der Waals surface area contributed by atoms with E-state index < -0.39 is 0 Å². The van der Waals surface area contributed by atoms with Crippen LogP contribution in [0.1, 0.15) is 35.6 Å². The number of rotatable bonds is 2. The van der Waals surface area contributed by atoms with Gasteiger partial charge in [0.2, 0.25) is 0 Å². The maximum Gasteiger partial charge on any atom is 0.171 e. The van der Waals surface area contributed by atoms with Gasteiger partial charge in [-0.2, -0.15) is 5.10 Å². The molecule has 1 unspecified atom stereocenters. The minimum atomic E-state index is 0.408. The second-order valence-corrected chi connectivity index (χ2v) is 7.10. The second kappa shape index (κ2) is 5.64. The van der Waals surface area contributed by atoms with E-state index in [1.165, 1.54) is 29.5 Å². The van der Waals surface area contributed by atoms with Crippen LogP contribution in [0.5, 0.6) is 0 Å². The highest BCUT2D eigenvalue weighted by molar-refractivity contribution is 9.10.